The van der Waals surface area contributed by atoms with Crippen LogP contribution in [0.4, 0.5) is 4.79 Å². The highest BCUT2D eigenvalue weighted by Crippen LogP contribution is 2.22. The topological polar surface area (TPSA) is 85.8 Å². The zero-order valence-electron chi connectivity index (χ0n) is 13.1. The zero-order valence-corrected chi connectivity index (χ0v) is 15.4. The predicted molar refractivity (Wildman–Crippen MR) is 96.5 cm³/mol. The standard InChI is InChI=1S/C14H25N5O2.HI/c1-15-13(17-9-11-5-3-2-4-6-11)16-7-8-19-12(20)10-18-14(19)21;/h11H,2-10H2,1H3,(H,18,21)(H2,15,16,17);1H. The van der Waals surface area contributed by atoms with Gasteiger partial charge in [0.25, 0.3) is 0 Å². The molecule has 2 rings (SSSR count). The third kappa shape index (κ3) is 5.62. The Morgan fingerprint density at radius 1 is 1.27 bits per heavy atom. The van der Waals surface area contributed by atoms with Crippen molar-refractivity contribution < 1.29 is 9.59 Å². The molecular formula is C14H26IN5O2. The van der Waals surface area contributed by atoms with Crippen molar-refractivity contribution in [2.45, 2.75) is 32.1 Å². The summed E-state index contributed by atoms with van der Waals surface area (Å²) in [6, 6.07) is -0.313. The summed E-state index contributed by atoms with van der Waals surface area (Å²) in [6.07, 6.45) is 6.57. The lowest BCUT2D eigenvalue weighted by molar-refractivity contribution is -0.124. The number of aliphatic imine (C=N–C) groups is 1. The Hall–Kier alpha value is -1.06. The van der Waals surface area contributed by atoms with Gasteiger partial charge in [0, 0.05) is 26.7 Å². The number of carbonyl (C=O) groups excluding carboxylic acids is 2. The van der Waals surface area contributed by atoms with Gasteiger partial charge in [-0.3, -0.25) is 14.7 Å². The molecule has 0 spiro atoms. The first kappa shape index (κ1) is 19.0. The Bertz CT molecular complexity index is 394. The SMILES string of the molecule is CN=C(NCCN1C(=O)CNC1=O)NCC1CCCCC1.I. The Morgan fingerprint density at radius 3 is 2.59 bits per heavy atom. The average molecular weight is 423 g/mol. The van der Waals surface area contributed by atoms with Crippen LogP contribution in [-0.4, -0.2) is 56.0 Å². The van der Waals surface area contributed by atoms with Crippen LogP contribution in [0.25, 0.3) is 0 Å². The van der Waals surface area contributed by atoms with E-state index in [1.54, 1.807) is 7.05 Å². The molecule has 126 valence electrons. The molecule has 0 aromatic heterocycles. The number of rotatable bonds is 5. The molecule has 0 radical (unpaired) electrons. The van der Waals surface area contributed by atoms with Crippen LogP contribution in [0.5, 0.6) is 0 Å². The Morgan fingerprint density at radius 2 is 2.00 bits per heavy atom. The summed E-state index contributed by atoms with van der Waals surface area (Å²) >= 11 is 0. The number of urea groups is 1. The molecule has 3 N–H and O–H groups in total. The van der Waals surface area contributed by atoms with Crippen LogP contribution in [0.3, 0.4) is 0 Å². The highest BCUT2D eigenvalue weighted by Gasteiger charge is 2.27. The van der Waals surface area contributed by atoms with E-state index in [9.17, 15) is 9.59 Å². The Labute approximate surface area is 148 Å². The van der Waals surface area contributed by atoms with Crippen molar-refractivity contribution in [3.63, 3.8) is 0 Å². The van der Waals surface area contributed by atoms with Crippen LogP contribution in [-0.2, 0) is 4.79 Å². The zero-order chi connectivity index (χ0) is 15.1. The monoisotopic (exact) mass is 423 g/mol. The number of nitrogens with one attached hydrogen (secondary N) is 3. The van der Waals surface area contributed by atoms with E-state index in [1.807, 2.05) is 0 Å². The molecule has 2 fully saturated rings. The van der Waals surface area contributed by atoms with Gasteiger partial charge in [0.15, 0.2) is 5.96 Å². The van der Waals surface area contributed by atoms with Gasteiger partial charge in [0.05, 0.1) is 6.54 Å². The molecule has 1 saturated heterocycles. The van der Waals surface area contributed by atoms with E-state index < -0.39 is 0 Å². The number of halogens is 1. The fourth-order valence-corrected chi connectivity index (χ4v) is 2.82. The fraction of sp³-hybridized carbons (Fsp3) is 0.786. The minimum absolute atomic E-state index is 0. The number of hydrogen-bond acceptors (Lipinski definition) is 3. The van der Waals surface area contributed by atoms with Gasteiger partial charge in [0.1, 0.15) is 0 Å². The van der Waals surface area contributed by atoms with Crippen molar-refractivity contribution in [3.8, 4) is 0 Å². The summed E-state index contributed by atoms with van der Waals surface area (Å²) in [5.74, 6) is 1.28. The highest BCUT2D eigenvalue weighted by molar-refractivity contribution is 14.0. The minimum Gasteiger partial charge on any atom is -0.356 e. The van der Waals surface area contributed by atoms with Crippen LogP contribution in [0.15, 0.2) is 4.99 Å². The van der Waals surface area contributed by atoms with Crippen molar-refractivity contribution in [1.29, 1.82) is 0 Å². The number of carbonyl (C=O) groups is 2. The molecule has 8 heteroatoms. The van der Waals surface area contributed by atoms with E-state index in [2.05, 4.69) is 20.9 Å². The van der Waals surface area contributed by atoms with Gasteiger partial charge in [-0.2, -0.15) is 0 Å². The summed E-state index contributed by atoms with van der Waals surface area (Å²) < 4.78 is 0. The maximum Gasteiger partial charge on any atom is 0.324 e. The third-order valence-corrected chi connectivity index (χ3v) is 4.07. The molecule has 0 aromatic rings. The van der Waals surface area contributed by atoms with Gasteiger partial charge in [0.2, 0.25) is 5.91 Å². The number of amides is 3. The maximum absolute atomic E-state index is 11.4. The third-order valence-electron chi connectivity index (χ3n) is 4.07. The summed E-state index contributed by atoms with van der Waals surface area (Å²) in [4.78, 5) is 28.2. The van der Waals surface area contributed by atoms with Crippen LogP contribution < -0.4 is 16.0 Å². The molecular weight excluding hydrogens is 397 g/mol. The molecule has 0 bridgehead atoms. The molecule has 1 aliphatic heterocycles. The lowest BCUT2D eigenvalue weighted by Gasteiger charge is -2.23. The average Bonchev–Trinajstić information content (AvgIpc) is 2.83. The van der Waals surface area contributed by atoms with Crippen LogP contribution >= 0.6 is 24.0 Å². The first-order valence-corrected chi connectivity index (χ1v) is 7.73. The van der Waals surface area contributed by atoms with E-state index >= 15 is 0 Å². The van der Waals surface area contributed by atoms with E-state index in [0.29, 0.717) is 13.1 Å². The largest absolute Gasteiger partial charge is 0.356 e. The molecule has 0 unspecified atom stereocenters. The van der Waals surface area contributed by atoms with Crippen molar-refractivity contribution in [3.05, 3.63) is 0 Å². The van der Waals surface area contributed by atoms with Crippen LogP contribution in [0, 0.1) is 5.92 Å². The molecule has 3 amide bonds. The summed E-state index contributed by atoms with van der Waals surface area (Å²) in [6.45, 7) is 1.90. The highest BCUT2D eigenvalue weighted by atomic mass is 127. The lowest BCUT2D eigenvalue weighted by Crippen LogP contribution is -2.44. The van der Waals surface area contributed by atoms with Gasteiger partial charge in [-0.15, -0.1) is 24.0 Å². The number of hydrogen-bond donors (Lipinski definition) is 3. The lowest BCUT2D eigenvalue weighted by atomic mass is 9.89. The maximum atomic E-state index is 11.4. The second-order valence-electron chi connectivity index (χ2n) is 5.59. The summed E-state index contributed by atoms with van der Waals surface area (Å²) in [5, 5.41) is 8.97. The van der Waals surface area contributed by atoms with Crippen LogP contribution in [0.1, 0.15) is 32.1 Å². The molecule has 22 heavy (non-hydrogen) atoms. The van der Waals surface area contributed by atoms with Crippen molar-refractivity contribution in [1.82, 2.24) is 20.9 Å². The molecule has 0 aromatic carbocycles. The minimum atomic E-state index is -0.313. The molecule has 0 atom stereocenters. The van der Waals surface area contributed by atoms with Gasteiger partial charge in [-0.25, -0.2) is 4.79 Å². The van der Waals surface area contributed by atoms with Crippen molar-refractivity contribution in [2.24, 2.45) is 10.9 Å². The summed E-state index contributed by atoms with van der Waals surface area (Å²) in [5.41, 5.74) is 0. The quantitative estimate of drug-likeness (QED) is 0.266. The fourth-order valence-electron chi connectivity index (χ4n) is 2.82. The number of guanidine groups is 1. The van der Waals surface area contributed by atoms with Gasteiger partial charge in [-0.05, 0) is 18.8 Å². The Kier molecular flexibility index (Phi) is 8.51. The smallest absolute Gasteiger partial charge is 0.324 e. The van der Waals surface area contributed by atoms with Crippen molar-refractivity contribution in [2.75, 3.05) is 33.2 Å². The predicted octanol–water partition coefficient (Wildman–Crippen LogP) is 0.901. The summed E-state index contributed by atoms with van der Waals surface area (Å²) in [7, 11) is 1.73. The molecule has 7 nitrogen and oxygen atoms in total. The molecule has 1 saturated carbocycles. The molecule has 1 aliphatic carbocycles. The van der Waals surface area contributed by atoms with Crippen molar-refractivity contribution >= 4 is 41.9 Å². The van der Waals surface area contributed by atoms with E-state index in [4.69, 9.17) is 0 Å². The molecule has 2 aliphatic rings. The van der Waals surface area contributed by atoms with Gasteiger partial charge >= 0.3 is 6.03 Å². The van der Waals surface area contributed by atoms with Crippen LogP contribution in [0.2, 0.25) is 0 Å². The first-order chi connectivity index (χ1) is 10.2. The van der Waals surface area contributed by atoms with E-state index in [1.165, 1.54) is 37.0 Å². The Balaban J connectivity index is 0.00000242. The first-order valence-electron chi connectivity index (χ1n) is 7.73. The number of nitrogens with zero attached hydrogens (tertiary/aromatic N) is 2. The second-order valence-corrected chi connectivity index (χ2v) is 5.59. The molecule has 1 heterocycles. The van der Waals surface area contributed by atoms with E-state index in [-0.39, 0.29) is 42.5 Å². The van der Waals surface area contributed by atoms with Gasteiger partial charge < -0.3 is 16.0 Å². The second kappa shape index (κ2) is 9.86. The van der Waals surface area contributed by atoms with Gasteiger partial charge in [-0.1, -0.05) is 19.3 Å². The number of imide groups is 1. The normalized spacial score (nSPS) is 19.7. The van der Waals surface area contributed by atoms with E-state index in [0.717, 1.165) is 18.4 Å².